The number of hydrogen-bond acceptors (Lipinski definition) is 3. The minimum Gasteiger partial charge on any atom is -0.463 e. The molecular weight excluding hydrogens is 321 g/mol. The highest BCUT2D eigenvalue weighted by Gasteiger charge is 2.04. The van der Waals surface area contributed by atoms with E-state index in [1.807, 2.05) is 0 Å². The molecule has 2 aromatic rings. The van der Waals surface area contributed by atoms with Crippen LogP contribution in [-0.2, 0) is 20.7 Å². The van der Waals surface area contributed by atoms with Crippen molar-refractivity contribution in [1.82, 2.24) is 0 Å². The first-order chi connectivity index (χ1) is 12.1. The maximum Gasteiger partial charge on any atom is 0.330 e. The second-order valence-electron chi connectivity index (χ2n) is 5.38. The highest BCUT2D eigenvalue weighted by Crippen LogP contribution is 2.12. The Bertz CT molecular complexity index is 737. The first-order valence-corrected chi connectivity index (χ1v) is 8.06. The van der Waals surface area contributed by atoms with E-state index in [4.69, 9.17) is 4.74 Å². The number of ether oxygens (including phenoxy) is 1. The molecule has 0 saturated carbocycles. The first-order valence-electron chi connectivity index (χ1n) is 8.06. The summed E-state index contributed by atoms with van der Waals surface area (Å²) in [5.41, 5.74) is 2.42. The number of nitrogens with one attached hydrogen (secondary N) is 1. The molecule has 0 aliphatic heterocycles. The zero-order chi connectivity index (χ0) is 18.1. The van der Waals surface area contributed by atoms with E-state index in [9.17, 15) is 14.0 Å². The third-order valence-electron chi connectivity index (χ3n) is 3.45. The van der Waals surface area contributed by atoms with Crippen LogP contribution in [0.15, 0.2) is 54.6 Å². The van der Waals surface area contributed by atoms with Crippen LogP contribution in [0.25, 0.3) is 6.08 Å². The molecule has 2 aromatic carbocycles. The number of hydrogen-bond donors (Lipinski definition) is 1. The van der Waals surface area contributed by atoms with E-state index in [0.29, 0.717) is 25.1 Å². The van der Waals surface area contributed by atoms with Gasteiger partial charge in [-0.15, -0.1) is 0 Å². The molecule has 0 spiro atoms. The van der Waals surface area contributed by atoms with Crippen molar-refractivity contribution in [1.29, 1.82) is 0 Å². The molecule has 0 fully saturated rings. The van der Waals surface area contributed by atoms with Gasteiger partial charge in [-0.1, -0.05) is 24.3 Å². The van der Waals surface area contributed by atoms with Crippen molar-refractivity contribution in [2.24, 2.45) is 0 Å². The number of aryl methyl sites for hydroxylation is 1. The zero-order valence-corrected chi connectivity index (χ0v) is 14.0. The molecule has 0 aliphatic carbocycles. The molecule has 0 atom stereocenters. The van der Waals surface area contributed by atoms with Crippen LogP contribution in [0.3, 0.4) is 0 Å². The van der Waals surface area contributed by atoms with Crippen molar-refractivity contribution < 1.29 is 18.7 Å². The molecule has 5 heteroatoms. The smallest absolute Gasteiger partial charge is 0.330 e. The molecule has 0 heterocycles. The lowest BCUT2D eigenvalue weighted by molar-refractivity contribution is -0.137. The molecule has 2 rings (SSSR count). The topological polar surface area (TPSA) is 55.4 Å². The largest absolute Gasteiger partial charge is 0.463 e. The van der Waals surface area contributed by atoms with Crippen molar-refractivity contribution >= 4 is 23.6 Å². The number of halogens is 1. The second-order valence-corrected chi connectivity index (χ2v) is 5.38. The summed E-state index contributed by atoms with van der Waals surface area (Å²) in [5.74, 6) is -0.787. The summed E-state index contributed by atoms with van der Waals surface area (Å²) in [6, 6.07) is 13.2. The van der Waals surface area contributed by atoms with Crippen LogP contribution in [0.5, 0.6) is 0 Å². The van der Waals surface area contributed by atoms with Gasteiger partial charge in [-0.25, -0.2) is 9.18 Å². The normalized spacial score (nSPS) is 10.6. The minimum atomic E-state index is -0.388. The van der Waals surface area contributed by atoms with Crippen molar-refractivity contribution in [3.05, 3.63) is 71.6 Å². The van der Waals surface area contributed by atoms with E-state index in [1.165, 1.54) is 18.2 Å². The number of anilines is 1. The number of rotatable bonds is 7. The lowest BCUT2D eigenvalue weighted by Gasteiger charge is -2.06. The summed E-state index contributed by atoms with van der Waals surface area (Å²) in [6.45, 7) is 2.09. The van der Waals surface area contributed by atoms with Gasteiger partial charge in [0, 0.05) is 18.2 Å². The van der Waals surface area contributed by atoms with E-state index in [0.717, 1.165) is 11.1 Å². The van der Waals surface area contributed by atoms with Gasteiger partial charge in [0.2, 0.25) is 5.91 Å². The summed E-state index contributed by atoms with van der Waals surface area (Å²) >= 11 is 0. The van der Waals surface area contributed by atoms with Crippen molar-refractivity contribution in [2.45, 2.75) is 19.8 Å². The third kappa shape index (κ3) is 6.59. The fourth-order valence-electron chi connectivity index (χ4n) is 2.16. The Morgan fingerprint density at radius 2 is 1.76 bits per heavy atom. The number of esters is 1. The monoisotopic (exact) mass is 341 g/mol. The highest BCUT2D eigenvalue weighted by molar-refractivity contribution is 5.91. The van der Waals surface area contributed by atoms with E-state index in [-0.39, 0.29) is 17.7 Å². The molecule has 25 heavy (non-hydrogen) atoms. The Morgan fingerprint density at radius 1 is 1.08 bits per heavy atom. The van der Waals surface area contributed by atoms with E-state index < -0.39 is 0 Å². The van der Waals surface area contributed by atoms with Gasteiger partial charge in [-0.2, -0.15) is 0 Å². The molecule has 4 nitrogen and oxygen atoms in total. The summed E-state index contributed by atoms with van der Waals surface area (Å²) in [5, 5.41) is 2.81. The van der Waals surface area contributed by atoms with Crippen LogP contribution >= 0.6 is 0 Å². The van der Waals surface area contributed by atoms with Gasteiger partial charge in [-0.05, 0) is 54.8 Å². The summed E-state index contributed by atoms with van der Waals surface area (Å²) in [4.78, 5) is 23.2. The van der Waals surface area contributed by atoms with Crippen LogP contribution in [0.2, 0.25) is 0 Å². The van der Waals surface area contributed by atoms with E-state index in [2.05, 4.69) is 5.32 Å². The summed E-state index contributed by atoms with van der Waals surface area (Å²) in [6.07, 6.45) is 3.88. The zero-order valence-electron chi connectivity index (χ0n) is 14.0. The average Bonchev–Trinajstić information content (AvgIpc) is 2.61. The van der Waals surface area contributed by atoms with Gasteiger partial charge in [0.25, 0.3) is 0 Å². The molecule has 0 aliphatic rings. The van der Waals surface area contributed by atoms with Crippen LogP contribution < -0.4 is 5.32 Å². The van der Waals surface area contributed by atoms with Gasteiger partial charge < -0.3 is 10.1 Å². The Morgan fingerprint density at radius 3 is 2.40 bits per heavy atom. The lowest BCUT2D eigenvalue weighted by atomic mass is 10.1. The highest BCUT2D eigenvalue weighted by atomic mass is 19.1. The van der Waals surface area contributed by atoms with Crippen LogP contribution in [0.4, 0.5) is 10.1 Å². The SMILES string of the molecule is CCOC(=O)/C=C/c1ccc(NC(=O)CCc2ccc(F)cc2)cc1. The summed E-state index contributed by atoms with van der Waals surface area (Å²) < 4.78 is 17.6. The fourth-order valence-corrected chi connectivity index (χ4v) is 2.16. The quantitative estimate of drug-likeness (QED) is 0.612. The Hall–Kier alpha value is -2.95. The molecule has 0 bridgehead atoms. The number of amides is 1. The van der Waals surface area contributed by atoms with Crippen molar-refractivity contribution in [3.8, 4) is 0 Å². The van der Waals surface area contributed by atoms with Gasteiger partial charge in [0.1, 0.15) is 5.82 Å². The molecule has 0 radical (unpaired) electrons. The number of carbonyl (C=O) groups excluding carboxylic acids is 2. The maximum atomic E-state index is 12.8. The van der Waals surface area contributed by atoms with Gasteiger partial charge in [0.05, 0.1) is 6.61 Å². The number of carbonyl (C=O) groups is 2. The van der Waals surface area contributed by atoms with Gasteiger partial charge >= 0.3 is 5.97 Å². The number of benzene rings is 2. The van der Waals surface area contributed by atoms with Gasteiger partial charge in [0.15, 0.2) is 0 Å². The van der Waals surface area contributed by atoms with Crippen molar-refractivity contribution in [2.75, 3.05) is 11.9 Å². The Kier molecular flexibility index (Phi) is 6.89. The average molecular weight is 341 g/mol. The molecule has 1 amide bonds. The first kappa shape index (κ1) is 18.4. The van der Waals surface area contributed by atoms with Gasteiger partial charge in [-0.3, -0.25) is 4.79 Å². The predicted molar refractivity (Wildman–Crippen MR) is 95.5 cm³/mol. The molecule has 0 unspecified atom stereocenters. The molecule has 0 aromatic heterocycles. The Labute approximate surface area is 146 Å². The summed E-state index contributed by atoms with van der Waals surface area (Å²) in [7, 11) is 0. The van der Waals surface area contributed by atoms with Crippen LogP contribution in [-0.4, -0.2) is 18.5 Å². The standard InChI is InChI=1S/C20H20FNO3/c1-2-25-20(24)14-8-16-5-11-18(12-6-16)22-19(23)13-7-15-3-9-17(21)10-4-15/h3-6,8-12,14H,2,7,13H2,1H3,(H,22,23)/b14-8+. The lowest BCUT2D eigenvalue weighted by Crippen LogP contribution is -2.12. The van der Waals surface area contributed by atoms with E-state index in [1.54, 1.807) is 49.4 Å². The third-order valence-corrected chi connectivity index (χ3v) is 3.45. The molecule has 0 saturated heterocycles. The minimum absolute atomic E-state index is 0.112. The molecule has 130 valence electrons. The van der Waals surface area contributed by atoms with E-state index >= 15 is 0 Å². The predicted octanol–water partition coefficient (Wildman–Crippen LogP) is 3.97. The fraction of sp³-hybridized carbons (Fsp3) is 0.200. The molecule has 1 N–H and O–H groups in total. The second kappa shape index (κ2) is 9.37. The van der Waals surface area contributed by atoms with Crippen LogP contribution in [0.1, 0.15) is 24.5 Å². The molecular formula is C20H20FNO3. The van der Waals surface area contributed by atoms with Crippen molar-refractivity contribution in [3.63, 3.8) is 0 Å². The Balaban J connectivity index is 1.82. The van der Waals surface area contributed by atoms with Crippen LogP contribution in [0, 0.1) is 5.82 Å². The maximum absolute atomic E-state index is 12.8.